The van der Waals surface area contributed by atoms with E-state index < -0.39 is 66.1 Å². The van der Waals surface area contributed by atoms with Crippen molar-refractivity contribution in [3.05, 3.63) is 12.2 Å². The number of unbranched alkanes of at least 4 members (excludes halogenated alkanes) is 1. The number of carbonyl (C=O) groups is 8. The van der Waals surface area contributed by atoms with E-state index in [1.807, 2.05) is 0 Å². The van der Waals surface area contributed by atoms with E-state index in [1.165, 1.54) is 0 Å². The van der Waals surface area contributed by atoms with Crippen LogP contribution in [-0.2, 0) is 90.5 Å². The molecule has 0 saturated carbocycles. The van der Waals surface area contributed by atoms with Crippen LogP contribution in [0, 0.1) is 0 Å². The van der Waals surface area contributed by atoms with Crippen LogP contribution in [0.4, 0.5) is 0 Å². The van der Waals surface area contributed by atoms with E-state index >= 15 is 0 Å². The second-order valence-electron chi connectivity index (χ2n) is 16.7. The highest BCUT2D eigenvalue weighted by molar-refractivity contribution is 6.12. The molecule has 1 aliphatic rings. The topological polar surface area (TPSA) is 301 Å². The fourth-order valence-electron chi connectivity index (χ4n) is 5.85. The first kappa shape index (κ1) is 65.3. The number of imide groups is 1. The molecule has 72 heavy (non-hydrogen) atoms. The molecule has 0 aliphatic carbocycles. The van der Waals surface area contributed by atoms with Gasteiger partial charge in [-0.25, -0.2) is 0 Å². The van der Waals surface area contributed by atoms with Gasteiger partial charge in [0.15, 0.2) is 0 Å². The fourth-order valence-corrected chi connectivity index (χ4v) is 5.85. The van der Waals surface area contributed by atoms with E-state index in [-0.39, 0.29) is 71.0 Å². The van der Waals surface area contributed by atoms with Gasteiger partial charge in [-0.3, -0.25) is 43.3 Å². The van der Waals surface area contributed by atoms with Crippen molar-refractivity contribution in [2.75, 3.05) is 165 Å². The van der Waals surface area contributed by atoms with Crippen molar-refractivity contribution < 1.29 is 90.5 Å². The average molecular weight is 1040 g/mol. The molecule has 1 atom stereocenters. The highest BCUT2D eigenvalue weighted by Gasteiger charge is 2.24. The highest BCUT2D eigenvalue weighted by Crippen LogP contribution is 2.09. The SMILES string of the molecule is COCCOCCOCCOCCOCCOCCOCCOCCOCCOCC(=O)NCCCC[C@H](NC(=O)CNC(=O)CNC(=O)CCCN1C(=O)C=CC1=O)C(=O)NCCCC(=O)OC(C)(C)C. The van der Waals surface area contributed by atoms with Gasteiger partial charge in [0, 0.05) is 51.7 Å². The summed E-state index contributed by atoms with van der Waals surface area (Å²) in [5.74, 6) is -3.94. The number of amides is 7. The van der Waals surface area contributed by atoms with Crippen LogP contribution in [-0.4, -0.2) is 229 Å². The molecule has 0 saturated heterocycles. The number of ether oxygens (including phenoxy) is 11. The molecule has 0 radical (unpaired) electrons. The van der Waals surface area contributed by atoms with Crippen LogP contribution >= 0.6 is 0 Å². The minimum Gasteiger partial charge on any atom is -0.460 e. The third-order valence-electron chi connectivity index (χ3n) is 9.39. The van der Waals surface area contributed by atoms with Gasteiger partial charge in [-0.05, 0) is 52.9 Å². The van der Waals surface area contributed by atoms with Crippen LogP contribution in [0.2, 0.25) is 0 Å². The van der Waals surface area contributed by atoms with E-state index in [0.717, 1.165) is 17.1 Å². The molecule has 1 aliphatic heterocycles. The number of nitrogens with zero attached hydrogens (tertiary/aromatic N) is 1. The molecule has 0 aromatic heterocycles. The van der Waals surface area contributed by atoms with Crippen LogP contribution < -0.4 is 26.6 Å². The standard InChI is InChI=1S/C47H82N6O19/c1-47(2,3)72-45(60)11-7-15-49-46(61)38(52-41(56)36-51-40(55)35-50-39(54)10-8-16-53-43(58)12-13-44(53)59)9-5-6-14-48-42(57)37-71-34-33-70-32-31-69-30-29-68-28-27-67-26-25-66-24-23-65-22-21-64-20-19-63-18-17-62-4/h12-13,38H,5-11,14-37H2,1-4H3,(H,48,57)(H,49,61)(H,50,54)(H,51,55)(H,52,56)/t38-/m0/s1. The maximum Gasteiger partial charge on any atom is 0.306 e. The van der Waals surface area contributed by atoms with E-state index in [1.54, 1.807) is 27.9 Å². The summed E-state index contributed by atoms with van der Waals surface area (Å²) in [5, 5.41) is 12.9. The van der Waals surface area contributed by atoms with Crippen molar-refractivity contribution in [2.24, 2.45) is 0 Å². The van der Waals surface area contributed by atoms with Crippen molar-refractivity contribution >= 4 is 47.3 Å². The van der Waals surface area contributed by atoms with Crippen LogP contribution in [0.15, 0.2) is 12.2 Å². The molecule has 0 fully saturated rings. The molecule has 414 valence electrons. The molecule has 0 unspecified atom stereocenters. The summed E-state index contributed by atoms with van der Waals surface area (Å²) in [6.07, 6.45) is 3.96. The van der Waals surface area contributed by atoms with Crippen LogP contribution in [0.5, 0.6) is 0 Å². The number of nitrogens with one attached hydrogen (secondary N) is 5. The molecule has 0 aromatic rings. The molecule has 0 aromatic carbocycles. The first-order valence-electron chi connectivity index (χ1n) is 24.5. The average Bonchev–Trinajstić information content (AvgIpc) is 3.66. The summed E-state index contributed by atoms with van der Waals surface area (Å²) in [6.45, 7) is 12.6. The summed E-state index contributed by atoms with van der Waals surface area (Å²) >= 11 is 0. The largest absolute Gasteiger partial charge is 0.460 e. The maximum absolute atomic E-state index is 13.1. The zero-order chi connectivity index (χ0) is 52.9. The summed E-state index contributed by atoms with van der Waals surface area (Å²) in [6, 6.07) is -0.987. The predicted octanol–water partition coefficient (Wildman–Crippen LogP) is -1.27. The van der Waals surface area contributed by atoms with Gasteiger partial charge in [-0.2, -0.15) is 0 Å². The van der Waals surface area contributed by atoms with Crippen LogP contribution in [0.25, 0.3) is 0 Å². The predicted molar refractivity (Wildman–Crippen MR) is 257 cm³/mol. The number of carbonyl (C=O) groups excluding carboxylic acids is 8. The minimum atomic E-state index is -0.987. The number of hydrogen-bond acceptors (Lipinski definition) is 19. The van der Waals surface area contributed by atoms with E-state index in [9.17, 15) is 38.4 Å². The summed E-state index contributed by atoms with van der Waals surface area (Å²) in [7, 11) is 1.63. The first-order chi connectivity index (χ1) is 34.7. The Morgan fingerprint density at radius 1 is 0.500 bits per heavy atom. The second kappa shape index (κ2) is 43.8. The second-order valence-corrected chi connectivity index (χ2v) is 16.7. The Kier molecular flexibility index (Phi) is 39.8. The fraction of sp³-hybridized carbons (Fsp3) is 0.787. The molecule has 0 bridgehead atoms. The summed E-state index contributed by atoms with van der Waals surface area (Å²) < 4.78 is 59.1. The normalized spacial score (nSPS) is 12.8. The minimum absolute atomic E-state index is 0.0370. The Morgan fingerprint density at radius 2 is 0.944 bits per heavy atom. The number of methoxy groups -OCH3 is 1. The third kappa shape index (κ3) is 39.9. The number of rotatable bonds is 48. The Balaban J connectivity index is 2.14. The monoisotopic (exact) mass is 1030 g/mol. The van der Waals surface area contributed by atoms with Crippen LogP contribution in [0.3, 0.4) is 0 Å². The summed E-state index contributed by atoms with van der Waals surface area (Å²) in [5.41, 5.74) is -0.643. The van der Waals surface area contributed by atoms with Gasteiger partial charge in [0.25, 0.3) is 11.8 Å². The van der Waals surface area contributed by atoms with Crippen molar-refractivity contribution in [3.63, 3.8) is 0 Å². The van der Waals surface area contributed by atoms with Gasteiger partial charge in [0.1, 0.15) is 18.2 Å². The van der Waals surface area contributed by atoms with Crippen molar-refractivity contribution in [1.82, 2.24) is 31.5 Å². The molecule has 7 amide bonds. The molecular formula is C47H82N6O19. The number of esters is 1. The van der Waals surface area contributed by atoms with Crippen molar-refractivity contribution in [3.8, 4) is 0 Å². The quantitative estimate of drug-likeness (QED) is 0.0270. The molecule has 5 N–H and O–H groups in total. The number of hydrogen-bond donors (Lipinski definition) is 5. The Bertz CT molecular complexity index is 1550. The summed E-state index contributed by atoms with van der Waals surface area (Å²) in [4.78, 5) is 98.9. The Hall–Kier alpha value is -4.70. The molecular weight excluding hydrogens is 953 g/mol. The lowest BCUT2D eigenvalue weighted by Gasteiger charge is -2.20. The lowest BCUT2D eigenvalue weighted by molar-refractivity contribution is -0.155. The molecule has 1 heterocycles. The van der Waals surface area contributed by atoms with Crippen molar-refractivity contribution in [1.29, 1.82) is 0 Å². The van der Waals surface area contributed by atoms with Crippen molar-refractivity contribution in [2.45, 2.75) is 77.4 Å². The molecule has 25 nitrogen and oxygen atoms in total. The highest BCUT2D eigenvalue weighted by atomic mass is 16.6. The molecule has 0 spiro atoms. The van der Waals surface area contributed by atoms with E-state index in [2.05, 4.69) is 26.6 Å². The third-order valence-corrected chi connectivity index (χ3v) is 9.39. The van der Waals surface area contributed by atoms with Crippen LogP contribution in [0.1, 0.15) is 65.7 Å². The van der Waals surface area contributed by atoms with Gasteiger partial charge in [-0.15, -0.1) is 0 Å². The zero-order valence-corrected chi connectivity index (χ0v) is 42.9. The lowest BCUT2D eigenvalue weighted by atomic mass is 10.1. The van der Waals surface area contributed by atoms with Gasteiger partial charge in [0.05, 0.1) is 132 Å². The van der Waals surface area contributed by atoms with E-state index in [0.29, 0.717) is 125 Å². The Morgan fingerprint density at radius 3 is 1.43 bits per heavy atom. The molecule has 25 heteroatoms. The van der Waals surface area contributed by atoms with Gasteiger partial charge in [0.2, 0.25) is 29.5 Å². The maximum atomic E-state index is 13.1. The van der Waals surface area contributed by atoms with Gasteiger partial charge < -0.3 is 78.7 Å². The van der Waals surface area contributed by atoms with Gasteiger partial charge >= 0.3 is 5.97 Å². The van der Waals surface area contributed by atoms with Gasteiger partial charge in [-0.1, -0.05) is 0 Å². The first-order valence-corrected chi connectivity index (χ1v) is 24.5. The molecule has 1 rings (SSSR count). The smallest absolute Gasteiger partial charge is 0.306 e. The van der Waals surface area contributed by atoms with E-state index in [4.69, 9.17) is 52.1 Å². The zero-order valence-electron chi connectivity index (χ0n) is 42.9. The lowest BCUT2D eigenvalue weighted by Crippen LogP contribution is -2.50. The Labute approximate surface area is 423 Å².